The number of sulfonamides is 1. The summed E-state index contributed by atoms with van der Waals surface area (Å²) in [5, 5.41) is 10.2. The number of aromatic nitrogens is 5. The molecule has 0 saturated carbocycles. The predicted octanol–water partition coefficient (Wildman–Crippen LogP) is 4.70. The lowest BCUT2D eigenvalue weighted by molar-refractivity contribution is 0.521. The Morgan fingerprint density at radius 3 is 2.50 bits per heavy atom. The highest BCUT2D eigenvalue weighted by Gasteiger charge is 2.20. The van der Waals surface area contributed by atoms with Gasteiger partial charge in [-0.15, -0.1) is 16.8 Å². The van der Waals surface area contributed by atoms with E-state index in [1.807, 2.05) is 41.8 Å². The van der Waals surface area contributed by atoms with Gasteiger partial charge in [0.15, 0.2) is 11.0 Å². The van der Waals surface area contributed by atoms with Crippen LogP contribution in [0.2, 0.25) is 5.02 Å². The Labute approximate surface area is 208 Å². The molecule has 0 aliphatic rings. The molecule has 2 aromatic heterocycles. The Kier molecular flexibility index (Phi) is 7.13. The molecule has 4 rings (SSSR count). The van der Waals surface area contributed by atoms with E-state index in [0.717, 1.165) is 27.9 Å². The topological polar surface area (TPSA) is 85.9 Å². The molecule has 0 radical (unpaired) electrons. The molecule has 178 valence electrons. The fourth-order valence-electron chi connectivity index (χ4n) is 3.62. The number of allylic oxidation sites excluding steroid dienone is 1. The highest BCUT2D eigenvalue weighted by atomic mass is 35.5. The summed E-state index contributed by atoms with van der Waals surface area (Å²) in [6.45, 7) is 7.17. The van der Waals surface area contributed by atoms with Crippen molar-refractivity contribution in [2.45, 2.75) is 35.8 Å². The number of thioether (sulfide) groups is 1. The standard InChI is InChI=1S/C23H25ClN6O2S2/c1-5-13-30-22(16-7-9-17(24)10-8-16)26-27-23(30)33-15-21-25-19-14-18(34(31,32)28(3)4)11-12-20(19)29(21)6-2/h5,7-12,14H,1,6,13,15H2,2-4H3. The van der Waals surface area contributed by atoms with Crippen LogP contribution in [0, 0.1) is 0 Å². The number of hydrogen-bond acceptors (Lipinski definition) is 6. The van der Waals surface area contributed by atoms with Crippen LogP contribution < -0.4 is 0 Å². The molecule has 0 atom stereocenters. The van der Waals surface area contributed by atoms with E-state index in [2.05, 4.69) is 21.3 Å². The lowest BCUT2D eigenvalue weighted by Gasteiger charge is -2.11. The summed E-state index contributed by atoms with van der Waals surface area (Å²) >= 11 is 7.55. The molecular formula is C23H25ClN6O2S2. The molecule has 11 heteroatoms. The largest absolute Gasteiger partial charge is 0.328 e. The van der Waals surface area contributed by atoms with Crippen molar-refractivity contribution >= 4 is 44.4 Å². The van der Waals surface area contributed by atoms with E-state index in [4.69, 9.17) is 16.6 Å². The molecule has 2 aromatic carbocycles. The molecule has 0 amide bonds. The van der Waals surface area contributed by atoms with E-state index < -0.39 is 10.0 Å². The van der Waals surface area contributed by atoms with Gasteiger partial charge in [-0.1, -0.05) is 29.4 Å². The summed E-state index contributed by atoms with van der Waals surface area (Å²) in [7, 11) is -0.497. The van der Waals surface area contributed by atoms with Gasteiger partial charge in [0.2, 0.25) is 10.0 Å². The van der Waals surface area contributed by atoms with Crippen LogP contribution >= 0.6 is 23.4 Å². The maximum absolute atomic E-state index is 12.5. The maximum Gasteiger partial charge on any atom is 0.242 e. The van der Waals surface area contributed by atoms with Crippen LogP contribution in [0.25, 0.3) is 22.4 Å². The SMILES string of the molecule is C=CCn1c(SCc2nc3cc(S(=O)(=O)N(C)C)ccc3n2CC)nnc1-c1ccc(Cl)cc1. The number of hydrogen-bond donors (Lipinski definition) is 0. The highest BCUT2D eigenvalue weighted by molar-refractivity contribution is 7.98. The zero-order valence-electron chi connectivity index (χ0n) is 19.1. The third-order valence-corrected chi connectivity index (χ3v) is 8.38. The number of benzene rings is 2. The normalized spacial score (nSPS) is 12.0. The first-order valence-electron chi connectivity index (χ1n) is 10.6. The van der Waals surface area contributed by atoms with Crippen molar-refractivity contribution in [3.63, 3.8) is 0 Å². The zero-order chi connectivity index (χ0) is 24.5. The fraction of sp³-hybridized carbons (Fsp3) is 0.261. The number of imidazole rings is 1. The van der Waals surface area contributed by atoms with Crippen molar-refractivity contribution in [2.24, 2.45) is 0 Å². The van der Waals surface area contributed by atoms with Crippen molar-refractivity contribution in [3.8, 4) is 11.4 Å². The molecule has 0 unspecified atom stereocenters. The molecule has 0 saturated heterocycles. The first-order valence-corrected chi connectivity index (χ1v) is 13.4. The molecule has 0 fully saturated rings. The highest BCUT2D eigenvalue weighted by Crippen LogP contribution is 2.29. The van der Waals surface area contributed by atoms with E-state index in [1.165, 1.54) is 30.2 Å². The predicted molar refractivity (Wildman–Crippen MR) is 137 cm³/mol. The number of halogens is 1. The molecule has 0 N–H and O–H groups in total. The van der Waals surface area contributed by atoms with Gasteiger partial charge in [-0.25, -0.2) is 17.7 Å². The summed E-state index contributed by atoms with van der Waals surface area (Å²) in [5.74, 6) is 2.12. The summed E-state index contributed by atoms with van der Waals surface area (Å²) in [6.07, 6.45) is 1.81. The molecule has 0 spiro atoms. The van der Waals surface area contributed by atoms with Crippen LogP contribution in [0.15, 0.2) is 65.2 Å². The summed E-state index contributed by atoms with van der Waals surface area (Å²) in [4.78, 5) is 4.97. The van der Waals surface area contributed by atoms with Crippen molar-refractivity contribution in [3.05, 3.63) is 66.0 Å². The van der Waals surface area contributed by atoms with Gasteiger partial charge in [0.1, 0.15) is 5.82 Å². The molecule has 0 aliphatic carbocycles. The minimum atomic E-state index is -3.53. The molecule has 0 bridgehead atoms. The first-order chi connectivity index (χ1) is 16.3. The molecular weight excluding hydrogens is 492 g/mol. The molecule has 4 aromatic rings. The minimum absolute atomic E-state index is 0.225. The van der Waals surface area contributed by atoms with Gasteiger partial charge in [-0.3, -0.25) is 4.57 Å². The van der Waals surface area contributed by atoms with Gasteiger partial charge in [-0.2, -0.15) is 0 Å². The second-order valence-corrected chi connectivity index (χ2v) is 11.2. The second-order valence-electron chi connectivity index (χ2n) is 7.71. The number of fused-ring (bicyclic) bond motifs is 1. The van der Waals surface area contributed by atoms with Gasteiger partial charge in [-0.05, 0) is 49.4 Å². The van der Waals surface area contributed by atoms with Crippen LogP contribution in [0.5, 0.6) is 0 Å². The van der Waals surface area contributed by atoms with E-state index in [9.17, 15) is 8.42 Å². The number of aryl methyl sites for hydroxylation is 1. The quantitative estimate of drug-likeness (QED) is 0.237. The summed E-state index contributed by atoms with van der Waals surface area (Å²) in [6, 6.07) is 12.5. The summed E-state index contributed by atoms with van der Waals surface area (Å²) in [5.41, 5.74) is 2.46. The Bertz CT molecular complexity index is 1440. The van der Waals surface area contributed by atoms with Crippen molar-refractivity contribution in [2.75, 3.05) is 14.1 Å². The molecule has 2 heterocycles. The van der Waals surface area contributed by atoms with E-state index >= 15 is 0 Å². The van der Waals surface area contributed by atoms with Crippen LogP contribution in [-0.4, -0.2) is 51.1 Å². The van der Waals surface area contributed by atoms with Gasteiger partial charge >= 0.3 is 0 Å². The second kappa shape index (κ2) is 9.91. The molecule has 8 nitrogen and oxygen atoms in total. The van der Waals surface area contributed by atoms with Gasteiger partial charge in [0.25, 0.3) is 0 Å². The minimum Gasteiger partial charge on any atom is -0.328 e. The third kappa shape index (κ3) is 4.63. The average molecular weight is 517 g/mol. The molecule has 0 aliphatic heterocycles. The Morgan fingerprint density at radius 2 is 1.85 bits per heavy atom. The van der Waals surface area contributed by atoms with Gasteiger partial charge in [0, 0.05) is 37.8 Å². The van der Waals surface area contributed by atoms with E-state index in [1.54, 1.807) is 18.2 Å². The number of rotatable bonds is 9. The van der Waals surface area contributed by atoms with Crippen molar-refractivity contribution in [1.82, 2.24) is 28.6 Å². The van der Waals surface area contributed by atoms with Crippen LogP contribution in [0.1, 0.15) is 12.7 Å². The Hall–Kier alpha value is -2.66. The van der Waals surface area contributed by atoms with Gasteiger partial charge < -0.3 is 4.57 Å². The maximum atomic E-state index is 12.5. The first kappa shape index (κ1) is 24.5. The van der Waals surface area contributed by atoms with Gasteiger partial charge in [0.05, 0.1) is 21.7 Å². The number of nitrogens with zero attached hydrogens (tertiary/aromatic N) is 6. The van der Waals surface area contributed by atoms with Crippen LogP contribution in [-0.2, 0) is 28.9 Å². The van der Waals surface area contributed by atoms with Crippen molar-refractivity contribution in [1.29, 1.82) is 0 Å². The summed E-state index contributed by atoms with van der Waals surface area (Å²) < 4.78 is 30.4. The zero-order valence-corrected chi connectivity index (χ0v) is 21.5. The fourth-order valence-corrected chi connectivity index (χ4v) is 5.57. The van der Waals surface area contributed by atoms with E-state index in [0.29, 0.717) is 29.4 Å². The van der Waals surface area contributed by atoms with E-state index in [-0.39, 0.29) is 4.90 Å². The van der Waals surface area contributed by atoms with Crippen molar-refractivity contribution < 1.29 is 8.42 Å². The average Bonchev–Trinajstić information content (AvgIpc) is 3.38. The monoisotopic (exact) mass is 516 g/mol. The lowest BCUT2D eigenvalue weighted by Crippen LogP contribution is -2.22. The Balaban J connectivity index is 1.65. The van der Waals surface area contributed by atoms with Crippen LogP contribution in [0.4, 0.5) is 0 Å². The Morgan fingerprint density at radius 1 is 1.12 bits per heavy atom. The third-order valence-electron chi connectivity index (χ3n) is 5.35. The lowest BCUT2D eigenvalue weighted by atomic mass is 10.2. The molecule has 34 heavy (non-hydrogen) atoms. The smallest absolute Gasteiger partial charge is 0.242 e. The van der Waals surface area contributed by atoms with Crippen LogP contribution in [0.3, 0.4) is 0 Å².